The van der Waals surface area contributed by atoms with Gasteiger partial charge in [-0.3, -0.25) is 9.36 Å². The molecule has 0 atom stereocenters. The Morgan fingerprint density at radius 1 is 1.12 bits per heavy atom. The first kappa shape index (κ1) is 22.0. The largest absolute Gasteiger partial charge is 0.493 e. The zero-order chi connectivity index (χ0) is 22.3. The van der Waals surface area contributed by atoms with E-state index in [4.69, 9.17) is 9.47 Å². The van der Waals surface area contributed by atoms with Crippen LogP contribution in [-0.4, -0.2) is 45.0 Å². The molecule has 0 N–H and O–H groups in total. The van der Waals surface area contributed by atoms with E-state index in [1.807, 2.05) is 45.9 Å². The van der Waals surface area contributed by atoms with Crippen molar-refractivity contribution in [2.75, 3.05) is 19.4 Å². The predicted octanol–water partition coefficient (Wildman–Crippen LogP) is 3.73. The molecule has 0 fully saturated rings. The Morgan fingerprint density at radius 2 is 1.88 bits per heavy atom. The van der Waals surface area contributed by atoms with E-state index < -0.39 is 0 Å². The van der Waals surface area contributed by atoms with Crippen molar-refractivity contribution in [3.8, 4) is 11.5 Å². The van der Waals surface area contributed by atoms with Crippen LogP contribution in [0.15, 0.2) is 66.3 Å². The Labute approximate surface area is 192 Å². The smallest absolute Gasteiger partial charge is 0.233 e. The lowest BCUT2D eigenvalue weighted by Gasteiger charge is -2.28. The van der Waals surface area contributed by atoms with E-state index in [-0.39, 0.29) is 12.5 Å². The normalized spacial score (nSPS) is 12.8. The van der Waals surface area contributed by atoms with E-state index in [0.717, 1.165) is 13.0 Å². The van der Waals surface area contributed by atoms with Crippen LogP contribution in [0.3, 0.4) is 0 Å². The summed E-state index contributed by atoms with van der Waals surface area (Å²) >= 11 is 1.39. The van der Waals surface area contributed by atoms with Crippen molar-refractivity contribution in [1.82, 2.24) is 19.7 Å². The number of allylic oxidation sites excluding steroid dienone is 1. The number of amides is 1. The maximum Gasteiger partial charge on any atom is 0.233 e. The number of benzene rings is 2. The first-order valence-corrected chi connectivity index (χ1v) is 11.4. The molecule has 0 saturated carbocycles. The molecule has 0 aliphatic carbocycles. The van der Waals surface area contributed by atoms with Crippen molar-refractivity contribution >= 4 is 17.7 Å². The van der Waals surface area contributed by atoms with E-state index in [1.165, 1.54) is 22.9 Å². The average Bonchev–Trinajstić information content (AvgIpc) is 3.22. The zero-order valence-corrected chi connectivity index (χ0v) is 18.9. The Balaban J connectivity index is 1.39. The molecule has 2 heterocycles. The lowest BCUT2D eigenvalue weighted by atomic mass is 10.00. The molecule has 1 aliphatic heterocycles. The van der Waals surface area contributed by atoms with Crippen LogP contribution in [0.4, 0.5) is 0 Å². The van der Waals surface area contributed by atoms with Gasteiger partial charge in [-0.25, -0.2) is 0 Å². The third-order valence-electron chi connectivity index (χ3n) is 5.34. The van der Waals surface area contributed by atoms with Gasteiger partial charge in [-0.15, -0.1) is 16.8 Å². The molecule has 1 aromatic heterocycles. The Kier molecular flexibility index (Phi) is 7.11. The first-order valence-electron chi connectivity index (χ1n) is 10.5. The molecule has 0 spiro atoms. The lowest BCUT2D eigenvalue weighted by Crippen LogP contribution is -2.37. The molecule has 0 radical (unpaired) electrons. The number of carbonyl (C=O) groups excluding carboxylic acids is 1. The topological polar surface area (TPSA) is 69.5 Å². The Morgan fingerprint density at radius 3 is 2.66 bits per heavy atom. The minimum atomic E-state index is 0.101. The number of carbonyl (C=O) groups is 1. The highest BCUT2D eigenvalue weighted by molar-refractivity contribution is 7.99. The molecule has 8 heteroatoms. The molecule has 0 unspecified atom stereocenters. The number of ether oxygens (including phenoxy) is 2. The van der Waals surface area contributed by atoms with Gasteiger partial charge in [-0.2, -0.15) is 0 Å². The van der Waals surface area contributed by atoms with Gasteiger partial charge in [0.05, 0.1) is 12.9 Å². The molecule has 1 amide bonds. The van der Waals surface area contributed by atoms with E-state index in [1.54, 1.807) is 13.2 Å². The van der Waals surface area contributed by atoms with Crippen LogP contribution < -0.4 is 9.47 Å². The summed E-state index contributed by atoms with van der Waals surface area (Å²) in [5, 5.41) is 9.24. The average molecular weight is 451 g/mol. The summed E-state index contributed by atoms with van der Waals surface area (Å²) in [4.78, 5) is 14.7. The fourth-order valence-corrected chi connectivity index (χ4v) is 4.52. The summed E-state index contributed by atoms with van der Waals surface area (Å²) in [7, 11) is 1.61. The molecule has 0 saturated heterocycles. The number of aromatic nitrogens is 3. The Bertz CT molecular complexity index is 1100. The second-order valence-electron chi connectivity index (χ2n) is 7.36. The molecule has 3 aromatic rings. The van der Waals surface area contributed by atoms with Crippen molar-refractivity contribution in [2.45, 2.75) is 31.3 Å². The number of hydrogen-bond donors (Lipinski definition) is 0. The first-order chi connectivity index (χ1) is 15.7. The lowest BCUT2D eigenvalue weighted by molar-refractivity contribution is -0.129. The van der Waals surface area contributed by atoms with Gasteiger partial charge in [0.15, 0.2) is 22.5 Å². The highest BCUT2D eigenvalue weighted by Crippen LogP contribution is 2.27. The molecular weight excluding hydrogens is 424 g/mol. The van der Waals surface area contributed by atoms with Gasteiger partial charge < -0.3 is 14.4 Å². The van der Waals surface area contributed by atoms with E-state index in [0.29, 0.717) is 41.3 Å². The Hall–Kier alpha value is -3.26. The fraction of sp³-hybridized carbons (Fsp3) is 0.292. The molecule has 166 valence electrons. The van der Waals surface area contributed by atoms with Gasteiger partial charge in [0.2, 0.25) is 5.91 Å². The fourth-order valence-electron chi connectivity index (χ4n) is 3.65. The van der Waals surface area contributed by atoms with Crippen molar-refractivity contribution in [1.29, 1.82) is 0 Å². The summed E-state index contributed by atoms with van der Waals surface area (Å²) in [5.74, 6) is 2.37. The van der Waals surface area contributed by atoms with E-state index in [2.05, 4.69) is 28.9 Å². The van der Waals surface area contributed by atoms with E-state index in [9.17, 15) is 4.79 Å². The summed E-state index contributed by atoms with van der Waals surface area (Å²) in [6.07, 6.45) is 2.67. The number of thioether (sulfide) groups is 1. The second-order valence-corrected chi connectivity index (χ2v) is 8.30. The second kappa shape index (κ2) is 10.4. The number of fused-ring (bicyclic) bond motifs is 1. The number of para-hydroxylation sites is 2. The molecule has 0 bridgehead atoms. The van der Waals surface area contributed by atoms with E-state index >= 15 is 0 Å². The van der Waals surface area contributed by atoms with Crippen LogP contribution >= 0.6 is 11.8 Å². The third kappa shape index (κ3) is 4.96. The van der Waals surface area contributed by atoms with Crippen LogP contribution in [0.2, 0.25) is 0 Å². The standard InChI is InChI=1S/C24H26N4O3S/c1-3-13-28-22(16-31-21-11-7-6-10-20(21)30-2)25-26-24(28)32-17-23(29)27-14-12-18-8-4-5-9-19(18)15-27/h3-11H,1,12-17H2,2H3. The molecule has 32 heavy (non-hydrogen) atoms. The summed E-state index contributed by atoms with van der Waals surface area (Å²) < 4.78 is 13.2. The van der Waals surface area contributed by atoms with Crippen LogP contribution in [0, 0.1) is 0 Å². The molecule has 4 rings (SSSR count). The van der Waals surface area contributed by atoms with Gasteiger partial charge in [0.25, 0.3) is 0 Å². The summed E-state index contributed by atoms with van der Waals surface area (Å²) in [5.41, 5.74) is 2.55. The third-order valence-corrected chi connectivity index (χ3v) is 6.29. The van der Waals surface area contributed by atoms with Crippen molar-refractivity contribution < 1.29 is 14.3 Å². The highest BCUT2D eigenvalue weighted by atomic mass is 32.2. The number of hydrogen-bond acceptors (Lipinski definition) is 6. The van der Waals surface area contributed by atoms with Crippen molar-refractivity contribution in [3.63, 3.8) is 0 Å². The van der Waals surface area contributed by atoms with Gasteiger partial charge in [0, 0.05) is 19.6 Å². The summed E-state index contributed by atoms with van der Waals surface area (Å²) in [6, 6.07) is 15.8. The van der Waals surface area contributed by atoms with Crippen LogP contribution in [0.5, 0.6) is 11.5 Å². The number of methoxy groups -OCH3 is 1. The molecular formula is C24H26N4O3S. The minimum Gasteiger partial charge on any atom is -0.493 e. The maximum absolute atomic E-state index is 12.8. The van der Waals surface area contributed by atoms with Gasteiger partial charge >= 0.3 is 0 Å². The van der Waals surface area contributed by atoms with Gasteiger partial charge in [-0.05, 0) is 29.7 Å². The molecule has 7 nitrogen and oxygen atoms in total. The quantitative estimate of drug-likeness (QED) is 0.366. The summed E-state index contributed by atoms with van der Waals surface area (Å²) in [6.45, 7) is 6.00. The molecule has 2 aromatic carbocycles. The molecule has 1 aliphatic rings. The van der Waals surface area contributed by atoms with Crippen LogP contribution in [0.25, 0.3) is 0 Å². The maximum atomic E-state index is 12.8. The van der Waals surface area contributed by atoms with Crippen LogP contribution in [0.1, 0.15) is 17.0 Å². The van der Waals surface area contributed by atoms with Gasteiger partial charge in [-0.1, -0.05) is 54.2 Å². The highest BCUT2D eigenvalue weighted by Gasteiger charge is 2.22. The van der Waals surface area contributed by atoms with Crippen molar-refractivity contribution in [3.05, 3.63) is 78.1 Å². The predicted molar refractivity (Wildman–Crippen MR) is 124 cm³/mol. The number of rotatable bonds is 9. The van der Waals surface area contributed by atoms with Crippen LogP contribution in [-0.2, 0) is 30.9 Å². The van der Waals surface area contributed by atoms with Crippen molar-refractivity contribution in [2.24, 2.45) is 0 Å². The number of nitrogens with zero attached hydrogens (tertiary/aromatic N) is 4. The zero-order valence-electron chi connectivity index (χ0n) is 18.1. The monoisotopic (exact) mass is 450 g/mol. The SMILES string of the molecule is C=CCn1c(COc2ccccc2OC)nnc1SCC(=O)N1CCc2ccccc2C1. The van der Waals surface area contributed by atoms with Gasteiger partial charge in [0.1, 0.15) is 6.61 Å². The minimum absolute atomic E-state index is 0.101.